The molecule has 0 saturated carbocycles. The van der Waals surface area contributed by atoms with Crippen molar-refractivity contribution in [2.24, 2.45) is 0 Å². The van der Waals surface area contributed by atoms with Crippen molar-refractivity contribution >= 4 is 44.0 Å². The third kappa shape index (κ3) is 4.46. The van der Waals surface area contributed by atoms with Crippen LogP contribution in [0, 0.1) is 5.82 Å². The van der Waals surface area contributed by atoms with E-state index in [1.54, 1.807) is 12.3 Å². The Morgan fingerprint density at radius 1 is 1.28 bits per heavy atom. The molecule has 0 amide bonds. The van der Waals surface area contributed by atoms with E-state index in [1.165, 1.54) is 0 Å². The number of rotatable bonds is 6. The van der Waals surface area contributed by atoms with E-state index in [-0.39, 0.29) is 17.6 Å². The van der Waals surface area contributed by atoms with Gasteiger partial charge >= 0.3 is 0 Å². The van der Waals surface area contributed by atoms with Crippen molar-refractivity contribution in [3.05, 3.63) is 51.4 Å². The summed E-state index contributed by atoms with van der Waals surface area (Å²) in [5.41, 5.74) is 3.43. The molecule has 5 nitrogen and oxygen atoms in total. The van der Waals surface area contributed by atoms with E-state index >= 15 is 4.39 Å². The first kappa shape index (κ1) is 22.9. The van der Waals surface area contributed by atoms with Crippen molar-refractivity contribution in [2.45, 2.75) is 46.1 Å². The Morgan fingerprint density at radius 3 is 2.72 bits per heavy atom. The lowest BCUT2D eigenvalue weighted by Crippen LogP contribution is -2.40. The summed E-state index contributed by atoms with van der Waals surface area (Å²) in [7, 11) is 0. The van der Waals surface area contributed by atoms with Gasteiger partial charge in [-0.05, 0) is 67.2 Å². The second kappa shape index (κ2) is 9.71. The molecule has 0 unspecified atom stereocenters. The van der Waals surface area contributed by atoms with Crippen LogP contribution in [0.5, 0.6) is 0 Å². The number of allylic oxidation sites excluding steroid dienone is 3. The molecule has 1 aliphatic carbocycles. The van der Waals surface area contributed by atoms with Crippen molar-refractivity contribution in [3.8, 4) is 0 Å². The first-order chi connectivity index (χ1) is 15.4. The van der Waals surface area contributed by atoms with Crippen molar-refractivity contribution in [3.63, 3.8) is 0 Å². The van der Waals surface area contributed by atoms with Crippen LogP contribution < -0.4 is 10.2 Å². The van der Waals surface area contributed by atoms with Gasteiger partial charge in [0.05, 0.1) is 10.2 Å². The van der Waals surface area contributed by atoms with Crippen LogP contribution in [0.4, 0.5) is 15.9 Å². The number of Topliss-reactive ketones (excluding diaryl/α,β-unsaturated/α-hetero) is 1. The molecular formula is C25H29BrFN3O2. The summed E-state index contributed by atoms with van der Waals surface area (Å²) >= 11 is 3.42. The molecule has 2 heterocycles. The van der Waals surface area contributed by atoms with Gasteiger partial charge < -0.3 is 15.0 Å². The van der Waals surface area contributed by atoms with Gasteiger partial charge in [0.1, 0.15) is 5.82 Å². The molecule has 170 valence electrons. The van der Waals surface area contributed by atoms with Gasteiger partial charge in [0.15, 0.2) is 11.6 Å². The van der Waals surface area contributed by atoms with Crippen LogP contribution in [0.3, 0.4) is 0 Å². The Morgan fingerprint density at radius 2 is 2.03 bits per heavy atom. The van der Waals surface area contributed by atoms with Crippen LogP contribution in [0.1, 0.15) is 40.0 Å². The van der Waals surface area contributed by atoms with Gasteiger partial charge in [0.2, 0.25) is 0 Å². The molecule has 1 saturated heterocycles. The molecule has 7 heteroatoms. The number of nitrogens with one attached hydrogen (secondary N) is 1. The fraction of sp³-hybridized carbons (Fsp3) is 0.440. The van der Waals surface area contributed by atoms with Gasteiger partial charge in [-0.25, -0.2) is 9.37 Å². The third-order valence-electron chi connectivity index (χ3n) is 6.34. The van der Waals surface area contributed by atoms with Crippen molar-refractivity contribution in [1.82, 2.24) is 4.98 Å². The van der Waals surface area contributed by atoms with Gasteiger partial charge in [-0.15, -0.1) is 0 Å². The number of nitrogens with zero attached hydrogens (tertiary/aromatic N) is 2. The Balaban J connectivity index is 1.73. The average Bonchev–Trinajstić information content (AvgIpc) is 2.77. The van der Waals surface area contributed by atoms with Crippen molar-refractivity contribution in [2.75, 3.05) is 36.5 Å². The molecule has 1 aromatic carbocycles. The Bertz CT molecular complexity index is 1110. The number of pyridine rings is 1. The van der Waals surface area contributed by atoms with Crippen molar-refractivity contribution in [1.29, 1.82) is 0 Å². The molecule has 1 N–H and O–H groups in total. The number of ether oxygens (including phenoxy) is 1. The van der Waals surface area contributed by atoms with E-state index in [1.807, 2.05) is 19.9 Å². The maximum atomic E-state index is 15.5. The topological polar surface area (TPSA) is 54.5 Å². The van der Waals surface area contributed by atoms with E-state index in [0.717, 1.165) is 40.3 Å². The number of hydrogen-bond donors (Lipinski definition) is 1. The normalized spacial score (nSPS) is 17.7. The number of aromatic nitrogens is 1. The lowest BCUT2D eigenvalue weighted by atomic mass is 9.92. The van der Waals surface area contributed by atoms with Crippen LogP contribution in [0.2, 0.25) is 0 Å². The average molecular weight is 502 g/mol. The molecule has 0 atom stereocenters. The maximum absolute atomic E-state index is 15.5. The number of hydrogen-bond acceptors (Lipinski definition) is 5. The zero-order valence-corrected chi connectivity index (χ0v) is 20.4. The monoisotopic (exact) mass is 501 g/mol. The van der Waals surface area contributed by atoms with E-state index < -0.39 is 0 Å². The first-order valence-electron chi connectivity index (χ1n) is 11.2. The molecule has 2 aromatic rings. The minimum atomic E-state index is -0.260. The third-order valence-corrected chi connectivity index (χ3v) is 6.92. The predicted octanol–water partition coefficient (Wildman–Crippen LogP) is 5.79. The number of carbonyl (C=O) groups is 1. The standard InChI is InChI=1S/C25H29BrFN3O2/c1-4-30(17-6-9-32-10-7-17)24-18-5-8-28-25(19(18)13-21(26)23(24)27)29-14-20-16(3)11-15(2)12-22(20)31/h5,8,11,13,17H,4,6-7,9-10,12,14H2,1-3H3,(H,28,29). The van der Waals surface area contributed by atoms with E-state index in [9.17, 15) is 4.79 Å². The molecule has 1 aromatic heterocycles. The second-order valence-electron chi connectivity index (χ2n) is 8.51. The number of anilines is 2. The molecule has 1 aliphatic heterocycles. The Labute approximate surface area is 196 Å². The van der Waals surface area contributed by atoms with Gasteiger partial charge in [0, 0.05) is 61.3 Å². The molecule has 32 heavy (non-hydrogen) atoms. The largest absolute Gasteiger partial charge is 0.381 e. The lowest BCUT2D eigenvalue weighted by Gasteiger charge is -2.36. The molecule has 0 radical (unpaired) electrons. The lowest BCUT2D eigenvalue weighted by molar-refractivity contribution is -0.115. The predicted molar refractivity (Wildman–Crippen MR) is 131 cm³/mol. The highest BCUT2D eigenvalue weighted by Gasteiger charge is 2.26. The Hall–Kier alpha value is -2.25. The molecule has 1 fully saturated rings. The van der Waals surface area contributed by atoms with Crippen LogP contribution in [-0.2, 0) is 9.53 Å². The summed E-state index contributed by atoms with van der Waals surface area (Å²) in [6.45, 7) is 8.47. The number of halogens is 2. The van der Waals surface area contributed by atoms with Gasteiger partial charge in [-0.3, -0.25) is 4.79 Å². The summed E-state index contributed by atoms with van der Waals surface area (Å²) in [5.74, 6) is 0.524. The zero-order valence-electron chi connectivity index (χ0n) is 18.8. The molecular weight excluding hydrogens is 473 g/mol. The first-order valence-corrected chi connectivity index (χ1v) is 11.9. The number of ketones is 1. The molecule has 2 aliphatic rings. The molecule has 4 rings (SSSR count). The van der Waals surface area contributed by atoms with Gasteiger partial charge in [-0.2, -0.15) is 0 Å². The molecule has 0 spiro atoms. The number of carbonyl (C=O) groups excluding carboxylic acids is 1. The van der Waals surface area contributed by atoms with Gasteiger partial charge in [-0.1, -0.05) is 11.6 Å². The summed E-state index contributed by atoms with van der Waals surface area (Å²) in [5, 5.41) is 4.98. The minimum Gasteiger partial charge on any atom is -0.381 e. The van der Waals surface area contributed by atoms with Crippen LogP contribution in [-0.4, -0.2) is 43.1 Å². The van der Waals surface area contributed by atoms with E-state index in [4.69, 9.17) is 4.74 Å². The van der Waals surface area contributed by atoms with Gasteiger partial charge in [0.25, 0.3) is 0 Å². The second-order valence-corrected chi connectivity index (χ2v) is 9.37. The molecule has 0 bridgehead atoms. The van der Waals surface area contributed by atoms with Crippen LogP contribution in [0.25, 0.3) is 10.8 Å². The fourth-order valence-corrected chi connectivity index (χ4v) is 5.18. The zero-order chi connectivity index (χ0) is 22.8. The van der Waals surface area contributed by atoms with E-state index in [0.29, 0.717) is 48.7 Å². The van der Waals surface area contributed by atoms with Crippen molar-refractivity contribution < 1.29 is 13.9 Å². The smallest absolute Gasteiger partial charge is 0.164 e. The number of benzene rings is 1. The fourth-order valence-electron chi connectivity index (χ4n) is 4.76. The van der Waals surface area contributed by atoms with E-state index in [2.05, 4.69) is 44.1 Å². The summed E-state index contributed by atoms with van der Waals surface area (Å²) in [6, 6.07) is 3.87. The number of fused-ring (bicyclic) bond motifs is 1. The summed E-state index contributed by atoms with van der Waals surface area (Å²) in [6.07, 6.45) is 5.97. The summed E-state index contributed by atoms with van der Waals surface area (Å²) < 4.78 is 21.4. The highest BCUT2D eigenvalue weighted by molar-refractivity contribution is 9.10. The summed E-state index contributed by atoms with van der Waals surface area (Å²) in [4.78, 5) is 19.2. The Kier molecular flexibility index (Phi) is 6.96. The van der Waals surface area contributed by atoms with Crippen LogP contribution in [0.15, 0.2) is 45.6 Å². The quantitative estimate of drug-likeness (QED) is 0.542. The SMILES string of the molecule is CCN(c1c(F)c(Br)cc2c(NCC3=C(C)C=C(C)CC3=O)nccc12)C1CCOCC1. The maximum Gasteiger partial charge on any atom is 0.164 e. The highest BCUT2D eigenvalue weighted by Crippen LogP contribution is 2.39. The van der Waals surface area contributed by atoms with Crippen LogP contribution >= 0.6 is 15.9 Å². The highest BCUT2D eigenvalue weighted by atomic mass is 79.9. The minimum absolute atomic E-state index is 0.139.